The molecule has 1 aromatic carbocycles. The van der Waals surface area contributed by atoms with Gasteiger partial charge in [-0.1, -0.05) is 32.0 Å². The van der Waals surface area contributed by atoms with E-state index in [1.807, 2.05) is 0 Å². The summed E-state index contributed by atoms with van der Waals surface area (Å²) in [6, 6.07) is 7.21. The first-order valence-electron chi connectivity index (χ1n) is 7.17. The predicted molar refractivity (Wildman–Crippen MR) is 84.6 cm³/mol. The van der Waals surface area contributed by atoms with E-state index in [9.17, 15) is 0 Å². The van der Waals surface area contributed by atoms with Crippen LogP contribution in [0.15, 0.2) is 18.2 Å². The smallest absolute Gasteiger partial charge is 0.0362 e. The lowest BCUT2D eigenvalue weighted by atomic mass is 9.87. The second kappa shape index (κ2) is 6.06. The van der Waals surface area contributed by atoms with Crippen LogP contribution in [-0.4, -0.2) is 24.5 Å². The highest BCUT2D eigenvalue weighted by Gasteiger charge is 2.24. The molecule has 0 heterocycles. The largest absolute Gasteiger partial charge is 0.325 e. The molecule has 0 bridgehead atoms. The van der Waals surface area contributed by atoms with E-state index in [0.717, 1.165) is 6.42 Å². The molecule has 1 aromatic rings. The highest BCUT2D eigenvalue weighted by Crippen LogP contribution is 2.31. The van der Waals surface area contributed by atoms with Crippen LogP contribution in [0.4, 0.5) is 0 Å². The minimum atomic E-state index is -0.158. The van der Waals surface area contributed by atoms with E-state index in [0.29, 0.717) is 12.0 Å². The Labute approximate surface area is 119 Å². The van der Waals surface area contributed by atoms with Crippen LogP contribution >= 0.6 is 0 Å². The average Bonchev–Trinajstić information content (AvgIpc) is 2.25. The van der Waals surface area contributed by atoms with Gasteiger partial charge in [0.25, 0.3) is 0 Å². The standard InChI is InChI=1S/C17H30N2/c1-12(2)14-9-8-13(3)15(10-14)16(19(6)7)11-17(4,5)18/h8-10,12,16H,11,18H2,1-7H3. The molecule has 2 heteroatoms. The lowest BCUT2D eigenvalue weighted by Gasteiger charge is -2.32. The fraction of sp³-hybridized carbons (Fsp3) is 0.647. The molecule has 0 aliphatic heterocycles. The predicted octanol–water partition coefficient (Wildman–Crippen LogP) is 3.85. The molecule has 0 aliphatic rings. The maximum atomic E-state index is 6.23. The lowest BCUT2D eigenvalue weighted by molar-refractivity contribution is 0.242. The number of benzene rings is 1. The summed E-state index contributed by atoms with van der Waals surface area (Å²) in [7, 11) is 4.27. The van der Waals surface area contributed by atoms with E-state index < -0.39 is 0 Å². The number of hydrogen-bond donors (Lipinski definition) is 1. The van der Waals surface area contributed by atoms with E-state index >= 15 is 0 Å². The summed E-state index contributed by atoms with van der Waals surface area (Å²) in [5.74, 6) is 0.563. The molecule has 0 radical (unpaired) electrons. The molecular formula is C17H30N2. The van der Waals surface area contributed by atoms with E-state index in [-0.39, 0.29) is 5.54 Å². The van der Waals surface area contributed by atoms with Crippen LogP contribution in [0.5, 0.6) is 0 Å². The Morgan fingerprint density at radius 3 is 2.21 bits per heavy atom. The van der Waals surface area contributed by atoms with Crippen LogP contribution in [0.3, 0.4) is 0 Å². The SMILES string of the molecule is Cc1ccc(C(C)C)cc1C(CC(C)(C)N)N(C)C. The molecule has 1 atom stereocenters. The molecule has 0 aliphatic carbocycles. The maximum absolute atomic E-state index is 6.23. The minimum Gasteiger partial charge on any atom is -0.325 e. The van der Waals surface area contributed by atoms with Gasteiger partial charge in [0.15, 0.2) is 0 Å². The van der Waals surface area contributed by atoms with E-state index in [4.69, 9.17) is 5.73 Å². The fourth-order valence-electron chi connectivity index (χ4n) is 2.45. The molecule has 19 heavy (non-hydrogen) atoms. The van der Waals surface area contributed by atoms with Crippen LogP contribution in [0, 0.1) is 6.92 Å². The quantitative estimate of drug-likeness (QED) is 0.873. The van der Waals surface area contributed by atoms with Crippen LogP contribution in [-0.2, 0) is 0 Å². The zero-order chi connectivity index (χ0) is 14.8. The number of rotatable bonds is 5. The van der Waals surface area contributed by atoms with Gasteiger partial charge in [0.05, 0.1) is 0 Å². The molecule has 108 valence electrons. The molecular weight excluding hydrogens is 232 g/mol. The monoisotopic (exact) mass is 262 g/mol. The van der Waals surface area contributed by atoms with Gasteiger partial charge in [-0.3, -0.25) is 0 Å². The fourth-order valence-corrected chi connectivity index (χ4v) is 2.45. The third-order valence-electron chi connectivity index (χ3n) is 3.67. The Bertz CT molecular complexity index is 414. The minimum absolute atomic E-state index is 0.158. The van der Waals surface area contributed by atoms with Crippen LogP contribution in [0.25, 0.3) is 0 Å². The van der Waals surface area contributed by atoms with Gasteiger partial charge in [-0.25, -0.2) is 0 Å². The topological polar surface area (TPSA) is 29.3 Å². The zero-order valence-corrected chi connectivity index (χ0v) is 13.6. The number of aryl methyl sites for hydroxylation is 1. The van der Waals surface area contributed by atoms with Crippen molar-refractivity contribution in [1.29, 1.82) is 0 Å². The first kappa shape index (κ1) is 16.2. The molecule has 0 fully saturated rings. The van der Waals surface area contributed by atoms with Crippen molar-refractivity contribution in [2.45, 2.75) is 58.5 Å². The first-order chi connectivity index (χ1) is 8.61. The Hall–Kier alpha value is -0.860. The highest BCUT2D eigenvalue weighted by atomic mass is 15.1. The van der Waals surface area contributed by atoms with E-state index in [1.54, 1.807) is 0 Å². The van der Waals surface area contributed by atoms with E-state index in [2.05, 4.69) is 71.8 Å². The van der Waals surface area contributed by atoms with Gasteiger partial charge in [0, 0.05) is 11.6 Å². The van der Waals surface area contributed by atoms with Crippen molar-refractivity contribution in [3.63, 3.8) is 0 Å². The van der Waals surface area contributed by atoms with Crippen molar-refractivity contribution < 1.29 is 0 Å². The third kappa shape index (κ3) is 4.63. The molecule has 0 amide bonds. The molecule has 1 unspecified atom stereocenters. The molecule has 1 rings (SSSR count). The van der Waals surface area contributed by atoms with Crippen LogP contribution in [0.1, 0.15) is 62.8 Å². The summed E-state index contributed by atoms with van der Waals surface area (Å²) in [6.45, 7) is 10.9. The van der Waals surface area contributed by atoms with Crippen molar-refractivity contribution in [2.24, 2.45) is 5.73 Å². The summed E-state index contributed by atoms with van der Waals surface area (Å²) in [4.78, 5) is 2.28. The summed E-state index contributed by atoms with van der Waals surface area (Å²) >= 11 is 0. The normalized spacial score (nSPS) is 14.2. The maximum Gasteiger partial charge on any atom is 0.0362 e. The van der Waals surface area contributed by atoms with Crippen LogP contribution in [0.2, 0.25) is 0 Å². The molecule has 2 nitrogen and oxygen atoms in total. The average molecular weight is 262 g/mol. The van der Waals surface area contributed by atoms with Gasteiger partial charge >= 0.3 is 0 Å². The number of nitrogens with two attached hydrogens (primary N) is 1. The van der Waals surface area contributed by atoms with Gasteiger partial charge in [-0.05, 0) is 63.9 Å². The number of hydrogen-bond acceptors (Lipinski definition) is 2. The zero-order valence-electron chi connectivity index (χ0n) is 13.6. The Morgan fingerprint density at radius 1 is 1.21 bits per heavy atom. The summed E-state index contributed by atoms with van der Waals surface area (Å²) in [6.07, 6.45) is 0.961. The Morgan fingerprint density at radius 2 is 1.79 bits per heavy atom. The van der Waals surface area contributed by atoms with Gasteiger partial charge in [-0.2, -0.15) is 0 Å². The van der Waals surface area contributed by atoms with Gasteiger partial charge in [0.2, 0.25) is 0 Å². The van der Waals surface area contributed by atoms with Gasteiger partial charge < -0.3 is 10.6 Å². The summed E-state index contributed by atoms with van der Waals surface area (Å²) in [5, 5.41) is 0. The van der Waals surface area contributed by atoms with Gasteiger partial charge in [-0.15, -0.1) is 0 Å². The molecule has 0 aromatic heterocycles. The molecule has 0 saturated heterocycles. The Kier molecular flexibility index (Phi) is 5.17. The van der Waals surface area contributed by atoms with Crippen LogP contribution < -0.4 is 5.73 Å². The third-order valence-corrected chi connectivity index (χ3v) is 3.67. The van der Waals surface area contributed by atoms with Crippen molar-refractivity contribution in [3.8, 4) is 0 Å². The molecule has 0 spiro atoms. The molecule has 2 N–H and O–H groups in total. The van der Waals surface area contributed by atoms with Crippen molar-refractivity contribution in [1.82, 2.24) is 4.90 Å². The summed E-state index contributed by atoms with van der Waals surface area (Å²) in [5.41, 5.74) is 10.2. The number of nitrogens with zero attached hydrogens (tertiary/aromatic N) is 1. The van der Waals surface area contributed by atoms with E-state index in [1.165, 1.54) is 16.7 Å². The molecule has 0 saturated carbocycles. The lowest BCUT2D eigenvalue weighted by Crippen LogP contribution is -2.37. The first-order valence-corrected chi connectivity index (χ1v) is 7.17. The Balaban J connectivity index is 3.18. The van der Waals surface area contributed by atoms with Gasteiger partial charge in [0.1, 0.15) is 0 Å². The van der Waals surface area contributed by atoms with Crippen molar-refractivity contribution >= 4 is 0 Å². The summed E-state index contributed by atoms with van der Waals surface area (Å²) < 4.78 is 0. The highest BCUT2D eigenvalue weighted by molar-refractivity contribution is 5.35. The van der Waals surface area contributed by atoms with Crippen molar-refractivity contribution in [2.75, 3.05) is 14.1 Å². The second-order valence-electron chi connectivity index (χ2n) is 6.94. The van der Waals surface area contributed by atoms with Crippen molar-refractivity contribution in [3.05, 3.63) is 34.9 Å². The second-order valence-corrected chi connectivity index (χ2v) is 6.94.